The molecule has 0 spiro atoms. The van der Waals surface area contributed by atoms with Crippen LogP contribution in [0.3, 0.4) is 0 Å². The summed E-state index contributed by atoms with van der Waals surface area (Å²) in [6.45, 7) is 6.66. The molecule has 3 rings (SSSR count). The van der Waals surface area contributed by atoms with Crippen LogP contribution in [-0.4, -0.2) is 44.2 Å². The molecule has 0 aliphatic carbocycles. The molecule has 0 radical (unpaired) electrons. The number of piperidine rings is 1. The van der Waals surface area contributed by atoms with Gasteiger partial charge in [-0.15, -0.1) is 11.7 Å². The number of hydrogen-bond donors (Lipinski definition) is 0. The summed E-state index contributed by atoms with van der Waals surface area (Å²) < 4.78 is 5.36. The predicted octanol–water partition coefficient (Wildman–Crippen LogP) is 1.73. The minimum absolute atomic E-state index is 0.0531. The largest absolute Gasteiger partial charge is 0.339 e. The summed E-state index contributed by atoms with van der Waals surface area (Å²) in [5, 5.41) is 12.0. The molecule has 0 bridgehead atoms. The first-order valence-corrected chi connectivity index (χ1v) is 7.20. The SMILES string of the molecule is C=CCN1C[C@H](c2nc(-c3ccc(C)nn3)no2)CCC1=O. The fourth-order valence-corrected chi connectivity index (χ4v) is 2.47. The third-order valence-electron chi connectivity index (χ3n) is 3.67. The summed E-state index contributed by atoms with van der Waals surface area (Å²) in [5.41, 5.74) is 1.41. The Kier molecular flexibility index (Phi) is 3.95. The number of aromatic nitrogens is 4. The molecule has 1 aliphatic rings. The van der Waals surface area contributed by atoms with Crippen LogP contribution in [0.2, 0.25) is 0 Å². The predicted molar refractivity (Wildman–Crippen MR) is 78.8 cm³/mol. The van der Waals surface area contributed by atoms with E-state index in [1.54, 1.807) is 11.0 Å². The van der Waals surface area contributed by atoms with Crippen molar-refractivity contribution < 1.29 is 9.32 Å². The van der Waals surface area contributed by atoms with Crippen LogP contribution >= 0.6 is 0 Å². The van der Waals surface area contributed by atoms with E-state index in [1.807, 2.05) is 19.1 Å². The minimum Gasteiger partial charge on any atom is -0.339 e. The van der Waals surface area contributed by atoms with Crippen molar-refractivity contribution in [1.82, 2.24) is 25.2 Å². The van der Waals surface area contributed by atoms with Crippen LogP contribution in [0, 0.1) is 6.92 Å². The second-order valence-electron chi connectivity index (χ2n) is 5.34. The number of carbonyl (C=O) groups is 1. The number of amides is 1. The highest BCUT2D eigenvalue weighted by Crippen LogP contribution is 2.27. The minimum atomic E-state index is 0.0531. The van der Waals surface area contributed by atoms with Crippen molar-refractivity contribution in [3.63, 3.8) is 0 Å². The molecule has 7 nitrogen and oxygen atoms in total. The van der Waals surface area contributed by atoms with Gasteiger partial charge in [0.25, 0.3) is 0 Å². The Morgan fingerprint density at radius 1 is 1.45 bits per heavy atom. The molecule has 0 N–H and O–H groups in total. The van der Waals surface area contributed by atoms with Crippen molar-refractivity contribution in [3.05, 3.63) is 36.4 Å². The van der Waals surface area contributed by atoms with Gasteiger partial charge in [-0.1, -0.05) is 11.2 Å². The summed E-state index contributed by atoms with van der Waals surface area (Å²) in [4.78, 5) is 18.0. The Hall–Kier alpha value is -2.57. The lowest BCUT2D eigenvalue weighted by Gasteiger charge is -2.29. The van der Waals surface area contributed by atoms with Gasteiger partial charge in [0.05, 0.1) is 11.6 Å². The van der Waals surface area contributed by atoms with E-state index >= 15 is 0 Å². The third-order valence-corrected chi connectivity index (χ3v) is 3.67. The van der Waals surface area contributed by atoms with E-state index in [-0.39, 0.29) is 11.8 Å². The number of aryl methyl sites for hydroxylation is 1. The van der Waals surface area contributed by atoms with Crippen LogP contribution in [0.25, 0.3) is 11.5 Å². The van der Waals surface area contributed by atoms with Crippen molar-refractivity contribution in [1.29, 1.82) is 0 Å². The van der Waals surface area contributed by atoms with Gasteiger partial charge in [0.1, 0.15) is 5.69 Å². The Morgan fingerprint density at radius 2 is 2.32 bits per heavy atom. The molecule has 2 aromatic rings. The van der Waals surface area contributed by atoms with Gasteiger partial charge in [0, 0.05) is 19.5 Å². The van der Waals surface area contributed by atoms with E-state index in [2.05, 4.69) is 26.9 Å². The molecule has 22 heavy (non-hydrogen) atoms. The van der Waals surface area contributed by atoms with E-state index < -0.39 is 0 Å². The van der Waals surface area contributed by atoms with Gasteiger partial charge >= 0.3 is 0 Å². The lowest BCUT2D eigenvalue weighted by Crippen LogP contribution is -2.39. The first kappa shape index (κ1) is 14.4. The van der Waals surface area contributed by atoms with Crippen LogP contribution < -0.4 is 0 Å². The van der Waals surface area contributed by atoms with Gasteiger partial charge in [-0.25, -0.2) is 0 Å². The molecule has 1 aliphatic heterocycles. The van der Waals surface area contributed by atoms with E-state index in [0.717, 1.165) is 5.69 Å². The summed E-state index contributed by atoms with van der Waals surface area (Å²) in [6.07, 6.45) is 2.93. The average molecular weight is 299 g/mol. The van der Waals surface area contributed by atoms with Crippen molar-refractivity contribution in [2.75, 3.05) is 13.1 Å². The Balaban J connectivity index is 1.77. The molecule has 1 fully saturated rings. The van der Waals surface area contributed by atoms with Crippen molar-refractivity contribution >= 4 is 5.91 Å². The smallest absolute Gasteiger partial charge is 0.231 e. The van der Waals surface area contributed by atoms with Crippen molar-refractivity contribution in [2.45, 2.75) is 25.7 Å². The van der Waals surface area contributed by atoms with Gasteiger partial charge in [0.2, 0.25) is 17.6 Å². The molecular formula is C15H17N5O2. The van der Waals surface area contributed by atoms with Crippen LogP contribution in [-0.2, 0) is 4.79 Å². The standard InChI is InChI=1S/C15H17N5O2/c1-3-8-20-9-11(5-7-13(20)21)15-16-14(19-22-15)12-6-4-10(2)17-18-12/h3-4,6,11H,1,5,7-9H2,2H3/t11-/m1/s1. The topological polar surface area (TPSA) is 85.0 Å². The zero-order valence-corrected chi connectivity index (χ0v) is 12.4. The third kappa shape index (κ3) is 2.88. The summed E-state index contributed by atoms with van der Waals surface area (Å²) >= 11 is 0. The normalized spacial score (nSPS) is 18.5. The van der Waals surface area contributed by atoms with Crippen LogP contribution in [0.5, 0.6) is 0 Å². The lowest BCUT2D eigenvalue weighted by atomic mass is 9.97. The average Bonchev–Trinajstić information content (AvgIpc) is 3.00. The van der Waals surface area contributed by atoms with Gasteiger partial charge in [-0.2, -0.15) is 10.1 Å². The lowest BCUT2D eigenvalue weighted by molar-refractivity contribution is -0.133. The first-order chi connectivity index (χ1) is 10.7. The zero-order valence-electron chi connectivity index (χ0n) is 12.4. The maximum atomic E-state index is 11.8. The van der Waals surface area contributed by atoms with E-state index in [4.69, 9.17) is 4.52 Å². The quantitative estimate of drug-likeness (QED) is 0.799. The number of nitrogens with zero attached hydrogens (tertiary/aromatic N) is 5. The molecule has 0 unspecified atom stereocenters. The van der Waals surface area contributed by atoms with Gasteiger partial charge in [0.15, 0.2) is 0 Å². The number of rotatable bonds is 4. The van der Waals surface area contributed by atoms with Gasteiger partial charge in [-0.05, 0) is 25.5 Å². The number of carbonyl (C=O) groups excluding carboxylic acids is 1. The highest BCUT2D eigenvalue weighted by Gasteiger charge is 2.29. The molecule has 1 atom stereocenters. The Bertz CT molecular complexity index is 679. The van der Waals surface area contributed by atoms with E-state index in [1.165, 1.54) is 0 Å². The number of hydrogen-bond acceptors (Lipinski definition) is 6. The van der Waals surface area contributed by atoms with Crippen molar-refractivity contribution in [3.8, 4) is 11.5 Å². The fraction of sp³-hybridized carbons (Fsp3) is 0.400. The molecule has 3 heterocycles. The van der Waals surface area contributed by atoms with Crippen LogP contribution in [0.4, 0.5) is 0 Å². The second-order valence-corrected chi connectivity index (χ2v) is 5.34. The fourth-order valence-electron chi connectivity index (χ4n) is 2.47. The monoisotopic (exact) mass is 299 g/mol. The summed E-state index contributed by atoms with van der Waals surface area (Å²) in [5.74, 6) is 1.16. The van der Waals surface area contributed by atoms with Crippen LogP contribution in [0.1, 0.15) is 30.3 Å². The summed E-state index contributed by atoms with van der Waals surface area (Å²) in [6, 6.07) is 3.66. The van der Waals surface area contributed by atoms with E-state index in [9.17, 15) is 4.79 Å². The second kappa shape index (κ2) is 6.05. The molecular weight excluding hydrogens is 282 g/mol. The molecule has 7 heteroatoms. The van der Waals surface area contributed by atoms with Gasteiger partial charge < -0.3 is 9.42 Å². The maximum absolute atomic E-state index is 11.8. The zero-order chi connectivity index (χ0) is 15.5. The first-order valence-electron chi connectivity index (χ1n) is 7.20. The molecule has 1 saturated heterocycles. The maximum Gasteiger partial charge on any atom is 0.231 e. The Labute approximate surface area is 128 Å². The highest BCUT2D eigenvalue weighted by molar-refractivity contribution is 5.77. The number of likely N-dealkylation sites (tertiary alicyclic amines) is 1. The summed E-state index contributed by atoms with van der Waals surface area (Å²) in [7, 11) is 0. The van der Waals surface area contributed by atoms with Crippen LogP contribution in [0.15, 0.2) is 29.3 Å². The molecule has 0 saturated carbocycles. The van der Waals surface area contributed by atoms with E-state index in [0.29, 0.717) is 43.3 Å². The highest BCUT2D eigenvalue weighted by atomic mass is 16.5. The van der Waals surface area contributed by atoms with Crippen molar-refractivity contribution in [2.24, 2.45) is 0 Å². The van der Waals surface area contributed by atoms with Gasteiger partial charge in [-0.3, -0.25) is 4.79 Å². The molecule has 114 valence electrons. The molecule has 2 aromatic heterocycles. The Morgan fingerprint density at radius 3 is 3.05 bits per heavy atom. The molecule has 1 amide bonds. The molecule has 0 aromatic carbocycles.